The Morgan fingerprint density at radius 2 is 1.69 bits per heavy atom. The smallest absolute Gasteiger partial charge is 0.250 e. The number of methoxy groups -OCH3 is 1. The van der Waals surface area contributed by atoms with Gasteiger partial charge in [-0.25, -0.2) is 4.98 Å². The summed E-state index contributed by atoms with van der Waals surface area (Å²) in [7, 11) is 1.61. The van der Waals surface area contributed by atoms with Gasteiger partial charge in [-0.15, -0.1) is 11.3 Å². The van der Waals surface area contributed by atoms with Crippen LogP contribution in [0.3, 0.4) is 0 Å². The Kier molecular flexibility index (Phi) is 8.53. The zero-order valence-corrected chi connectivity index (χ0v) is 21.5. The molecule has 6 heteroatoms. The standard InChI is InChI=1S/C30H30N2O3S/c1-21(2)17-18-35-27-15-9-22(19-28(27)34-3)10-16-29(33)32-30-31-26(20-36-30)25-13-11-24(12-14-25)23-7-5-4-6-8-23/h4-16,19-21H,17-18H2,1-3H3,(H,31,32,33)/b16-10+. The van der Waals surface area contributed by atoms with Gasteiger partial charge in [0.25, 0.3) is 0 Å². The molecule has 0 unspecified atom stereocenters. The fraction of sp³-hybridized carbons (Fsp3) is 0.200. The van der Waals surface area contributed by atoms with Crippen LogP contribution < -0.4 is 14.8 Å². The van der Waals surface area contributed by atoms with Crippen LogP contribution in [0.25, 0.3) is 28.5 Å². The molecule has 1 aromatic heterocycles. The van der Waals surface area contributed by atoms with Gasteiger partial charge in [-0.2, -0.15) is 0 Å². The third-order valence-corrected chi connectivity index (χ3v) is 6.35. The van der Waals surface area contributed by atoms with Crippen molar-refractivity contribution in [3.63, 3.8) is 0 Å². The summed E-state index contributed by atoms with van der Waals surface area (Å²) in [5, 5.41) is 5.34. The third-order valence-electron chi connectivity index (χ3n) is 5.59. The van der Waals surface area contributed by atoms with E-state index in [0.717, 1.165) is 28.8 Å². The molecule has 1 N–H and O–H groups in total. The minimum atomic E-state index is -0.244. The van der Waals surface area contributed by atoms with Gasteiger partial charge in [0.05, 0.1) is 19.4 Å². The molecule has 1 heterocycles. The highest BCUT2D eigenvalue weighted by atomic mass is 32.1. The molecule has 0 atom stereocenters. The summed E-state index contributed by atoms with van der Waals surface area (Å²) in [6, 6.07) is 24.1. The molecule has 5 nitrogen and oxygen atoms in total. The van der Waals surface area contributed by atoms with E-state index >= 15 is 0 Å². The van der Waals surface area contributed by atoms with Gasteiger partial charge in [0.2, 0.25) is 5.91 Å². The summed E-state index contributed by atoms with van der Waals surface area (Å²) in [5.74, 6) is 1.67. The van der Waals surface area contributed by atoms with E-state index < -0.39 is 0 Å². The monoisotopic (exact) mass is 498 g/mol. The first kappa shape index (κ1) is 25.2. The summed E-state index contributed by atoms with van der Waals surface area (Å²) in [6.45, 7) is 4.96. The zero-order chi connectivity index (χ0) is 25.3. The fourth-order valence-corrected chi connectivity index (χ4v) is 4.28. The number of rotatable bonds is 10. The highest BCUT2D eigenvalue weighted by molar-refractivity contribution is 7.14. The van der Waals surface area contributed by atoms with Crippen LogP contribution in [0.4, 0.5) is 5.13 Å². The van der Waals surface area contributed by atoms with E-state index in [4.69, 9.17) is 9.47 Å². The maximum Gasteiger partial charge on any atom is 0.250 e. The Balaban J connectivity index is 1.35. The molecule has 1 amide bonds. The maximum absolute atomic E-state index is 12.5. The largest absolute Gasteiger partial charge is 0.493 e. The lowest BCUT2D eigenvalue weighted by Crippen LogP contribution is -2.07. The van der Waals surface area contributed by atoms with Gasteiger partial charge >= 0.3 is 0 Å². The van der Waals surface area contributed by atoms with E-state index in [2.05, 4.69) is 48.4 Å². The van der Waals surface area contributed by atoms with Crippen molar-refractivity contribution in [2.75, 3.05) is 19.0 Å². The maximum atomic E-state index is 12.5. The van der Waals surface area contributed by atoms with Gasteiger partial charge < -0.3 is 9.47 Å². The number of anilines is 1. The minimum Gasteiger partial charge on any atom is -0.493 e. The van der Waals surface area contributed by atoms with Crippen molar-refractivity contribution in [2.45, 2.75) is 20.3 Å². The number of ether oxygens (including phenoxy) is 2. The van der Waals surface area contributed by atoms with Gasteiger partial charge in [0, 0.05) is 17.0 Å². The normalized spacial score (nSPS) is 11.1. The molecule has 36 heavy (non-hydrogen) atoms. The van der Waals surface area contributed by atoms with E-state index in [1.807, 2.05) is 53.9 Å². The van der Waals surface area contributed by atoms with E-state index in [9.17, 15) is 4.79 Å². The number of amides is 1. The molecule has 0 spiro atoms. The van der Waals surface area contributed by atoms with Gasteiger partial charge in [-0.05, 0) is 47.2 Å². The third kappa shape index (κ3) is 6.83. The Bertz CT molecular complexity index is 1310. The number of hydrogen-bond acceptors (Lipinski definition) is 5. The number of thiazole rings is 1. The van der Waals surface area contributed by atoms with E-state index in [0.29, 0.717) is 29.2 Å². The lowest BCUT2D eigenvalue weighted by molar-refractivity contribution is -0.111. The average Bonchev–Trinajstić information content (AvgIpc) is 3.36. The quantitative estimate of drug-likeness (QED) is 0.229. The van der Waals surface area contributed by atoms with Crippen LogP contribution in [0.2, 0.25) is 0 Å². The summed E-state index contributed by atoms with van der Waals surface area (Å²) in [5.41, 5.74) is 5.01. The molecule has 0 saturated heterocycles. The van der Waals surface area contributed by atoms with Gasteiger partial charge in [-0.3, -0.25) is 10.1 Å². The first-order valence-electron chi connectivity index (χ1n) is 11.9. The van der Waals surface area contributed by atoms with E-state index in [1.165, 1.54) is 23.0 Å². The van der Waals surface area contributed by atoms with Crippen LogP contribution in [0.15, 0.2) is 84.3 Å². The molecule has 0 saturated carbocycles. The molecule has 3 aromatic carbocycles. The van der Waals surface area contributed by atoms with Crippen molar-refractivity contribution in [3.05, 3.63) is 89.8 Å². The first-order valence-corrected chi connectivity index (χ1v) is 12.8. The molecule has 0 aliphatic heterocycles. The number of nitrogens with one attached hydrogen (secondary N) is 1. The highest BCUT2D eigenvalue weighted by Crippen LogP contribution is 2.30. The topological polar surface area (TPSA) is 60.5 Å². The van der Waals surface area contributed by atoms with Crippen LogP contribution in [-0.2, 0) is 4.79 Å². The van der Waals surface area contributed by atoms with Crippen molar-refractivity contribution in [1.29, 1.82) is 0 Å². The van der Waals surface area contributed by atoms with Crippen LogP contribution >= 0.6 is 11.3 Å². The molecule has 0 radical (unpaired) electrons. The molecule has 0 bridgehead atoms. The number of aromatic nitrogens is 1. The first-order chi connectivity index (χ1) is 17.5. The number of carbonyl (C=O) groups excluding carboxylic acids is 1. The molecule has 4 rings (SSSR count). The van der Waals surface area contributed by atoms with E-state index in [-0.39, 0.29) is 5.91 Å². The molecule has 4 aromatic rings. The second-order valence-corrected chi connectivity index (χ2v) is 9.60. The predicted octanol–water partition coefficient (Wildman–Crippen LogP) is 7.56. The molecule has 0 fully saturated rings. The molecular formula is C30H30N2O3S. The molecule has 184 valence electrons. The molecular weight excluding hydrogens is 468 g/mol. The second kappa shape index (κ2) is 12.2. The summed E-state index contributed by atoms with van der Waals surface area (Å²) in [6.07, 6.45) is 4.21. The van der Waals surface area contributed by atoms with Crippen LogP contribution in [-0.4, -0.2) is 24.6 Å². The predicted molar refractivity (Wildman–Crippen MR) is 149 cm³/mol. The van der Waals surface area contributed by atoms with Crippen molar-refractivity contribution < 1.29 is 14.3 Å². The Labute approximate surface area is 216 Å². The number of benzene rings is 3. The Morgan fingerprint density at radius 1 is 0.972 bits per heavy atom. The van der Waals surface area contributed by atoms with E-state index in [1.54, 1.807) is 13.2 Å². The molecule has 0 aliphatic carbocycles. The summed E-state index contributed by atoms with van der Waals surface area (Å²) in [4.78, 5) is 17.0. The SMILES string of the molecule is COc1cc(/C=C/C(=O)Nc2nc(-c3ccc(-c4ccccc4)cc3)cs2)ccc1OCCC(C)C. The van der Waals surface area contributed by atoms with Gasteiger partial charge in [-0.1, -0.05) is 74.5 Å². The van der Waals surface area contributed by atoms with Crippen molar-refractivity contribution >= 4 is 28.5 Å². The fourth-order valence-electron chi connectivity index (χ4n) is 3.56. The lowest BCUT2D eigenvalue weighted by Gasteiger charge is -2.12. The number of carbonyl (C=O) groups is 1. The Morgan fingerprint density at radius 3 is 2.42 bits per heavy atom. The molecule has 0 aliphatic rings. The Hall–Kier alpha value is -3.90. The number of hydrogen-bond donors (Lipinski definition) is 1. The van der Waals surface area contributed by atoms with Crippen LogP contribution in [0.1, 0.15) is 25.8 Å². The zero-order valence-electron chi connectivity index (χ0n) is 20.7. The van der Waals surface area contributed by atoms with Crippen molar-refractivity contribution in [3.8, 4) is 33.9 Å². The summed E-state index contributed by atoms with van der Waals surface area (Å²) < 4.78 is 11.3. The van der Waals surface area contributed by atoms with Crippen molar-refractivity contribution in [2.24, 2.45) is 5.92 Å². The van der Waals surface area contributed by atoms with Gasteiger partial charge in [0.15, 0.2) is 16.6 Å². The van der Waals surface area contributed by atoms with Crippen molar-refractivity contribution in [1.82, 2.24) is 4.98 Å². The van der Waals surface area contributed by atoms with Crippen LogP contribution in [0, 0.1) is 5.92 Å². The lowest BCUT2D eigenvalue weighted by atomic mass is 10.0. The highest BCUT2D eigenvalue weighted by Gasteiger charge is 2.09. The second-order valence-electron chi connectivity index (χ2n) is 8.75. The van der Waals surface area contributed by atoms with Gasteiger partial charge in [0.1, 0.15) is 0 Å². The average molecular weight is 499 g/mol. The minimum absolute atomic E-state index is 0.244. The summed E-state index contributed by atoms with van der Waals surface area (Å²) >= 11 is 1.40. The van der Waals surface area contributed by atoms with Crippen LogP contribution in [0.5, 0.6) is 11.5 Å². The number of nitrogens with zero attached hydrogens (tertiary/aromatic N) is 1.